The smallest absolute Gasteiger partial charge is 0.231 e. The molecule has 1 unspecified atom stereocenters. The Morgan fingerprint density at radius 2 is 2.16 bits per heavy atom. The van der Waals surface area contributed by atoms with E-state index in [4.69, 9.17) is 14.2 Å². The summed E-state index contributed by atoms with van der Waals surface area (Å²) in [6, 6.07) is 7.09. The lowest BCUT2D eigenvalue weighted by Gasteiger charge is -2.36. The highest BCUT2D eigenvalue weighted by Gasteiger charge is 2.51. The zero-order chi connectivity index (χ0) is 17.2. The number of nitrogens with one attached hydrogen (secondary N) is 1. The van der Waals surface area contributed by atoms with Gasteiger partial charge in [0.15, 0.2) is 28.8 Å². The zero-order valence-corrected chi connectivity index (χ0v) is 13.7. The summed E-state index contributed by atoms with van der Waals surface area (Å²) in [5.74, 6) is 1.84. The molecule has 0 bridgehead atoms. The van der Waals surface area contributed by atoms with E-state index < -0.39 is 5.54 Å². The second kappa shape index (κ2) is 4.89. The third-order valence-electron chi connectivity index (χ3n) is 5.40. The summed E-state index contributed by atoms with van der Waals surface area (Å²) in [4.78, 5) is 13.4. The van der Waals surface area contributed by atoms with Crippen LogP contribution in [0.1, 0.15) is 27.0 Å². The number of ether oxygens (including phenoxy) is 3. The lowest BCUT2D eigenvalue weighted by atomic mass is 9.79. The fourth-order valence-electron chi connectivity index (χ4n) is 4.24. The van der Waals surface area contributed by atoms with Gasteiger partial charge in [0.2, 0.25) is 6.79 Å². The Labute approximate surface area is 144 Å². The topological polar surface area (TPSA) is 77.0 Å². The second-order valence-electron chi connectivity index (χ2n) is 6.59. The van der Waals surface area contributed by atoms with Gasteiger partial charge in [0, 0.05) is 24.1 Å². The third-order valence-corrected chi connectivity index (χ3v) is 5.40. The molecule has 2 N–H and O–H groups in total. The maximum Gasteiger partial charge on any atom is 0.231 e. The fourth-order valence-corrected chi connectivity index (χ4v) is 4.24. The van der Waals surface area contributed by atoms with Gasteiger partial charge < -0.3 is 24.6 Å². The van der Waals surface area contributed by atoms with E-state index in [1.807, 2.05) is 6.07 Å². The molecule has 128 valence electrons. The van der Waals surface area contributed by atoms with Crippen molar-refractivity contribution in [2.24, 2.45) is 0 Å². The Balaban J connectivity index is 1.71. The minimum Gasteiger partial charge on any atom is -0.504 e. The van der Waals surface area contributed by atoms with Crippen LogP contribution in [0, 0.1) is 0 Å². The number of carbonyl (C=O) groups excluding carboxylic acids is 1. The number of phenols is 1. The van der Waals surface area contributed by atoms with Crippen LogP contribution in [0.3, 0.4) is 0 Å². The van der Waals surface area contributed by atoms with E-state index >= 15 is 0 Å². The Kier molecular flexibility index (Phi) is 2.86. The molecule has 1 atom stereocenters. The van der Waals surface area contributed by atoms with E-state index in [1.165, 1.54) is 7.11 Å². The van der Waals surface area contributed by atoms with Crippen molar-refractivity contribution in [2.75, 3.05) is 20.4 Å². The van der Waals surface area contributed by atoms with Gasteiger partial charge in [-0.05, 0) is 41.8 Å². The normalized spacial score (nSPS) is 22.8. The molecule has 0 saturated carbocycles. The van der Waals surface area contributed by atoms with Crippen LogP contribution in [0.4, 0.5) is 0 Å². The molecule has 5 rings (SSSR count). The molecule has 6 nitrogen and oxygen atoms in total. The largest absolute Gasteiger partial charge is 0.504 e. The van der Waals surface area contributed by atoms with Crippen molar-refractivity contribution in [3.05, 3.63) is 46.5 Å². The van der Waals surface area contributed by atoms with E-state index in [2.05, 4.69) is 5.32 Å². The number of benzene rings is 2. The molecule has 2 aromatic carbocycles. The maximum absolute atomic E-state index is 13.4. The summed E-state index contributed by atoms with van der Waals surface area (Å²) in [6.07, 6.45) is 1.24. The number of ketones is 1. The third kappa shape index (κ3) is 1.80. The molecule has 0 fully saturated rings. The summed E-state index contributed by atoms with van der Waals surface area (Å²) < 4.78 is 16.3. The van der Waals surface area contributed by atoms with Crippen LogP contribution in [0.25, 0.3) is 0 Å². The van der Waals surface area contributed by atoms with Gasteiger partial charge in [-0.2, -0.15) is 0 Å². The van der Waals surface area contributed by atoms with Crippen LogP contribution in [0.15, 0.2) is 24.3 Å². The molecule has 0 aromatic heterocycles. The number of rotatable bonds is 1. The summed E-state index contributed by atoms with van der Waals surface area (Å²) in [7, 11) is 1.51. The monoisotopic (exact) mass is 339 g/mol. The first-order chi connectivity index (χ1) is 12.1. The van der Waals surface area contributed by atoms with Gasteiger partial charge in [-0.15, -0.1) is 0 Å². The van der Waals surface area contributed by atoms with E-state index in [1.54, 1.807) is 18.2 Å². The van der Waals surface area contributed by atoms with E-state index in [0.717, 1.165) is 23.1 Å². The number of Topliss-reactive ketones (excluding diaryl/α,β-unsaturated/α-hetero) is 1. The number of hydrogen-bond acceptors (Lipinski definition) is 6. The molecule has 25 heavy (non-hydrogen) atoms. The van der Waals surface area contributed by atoms with Crippen molar-refractivity contribution < 1.29 is 24.1 Å². The van der Waals surface area contributed by atoms with Crippen molar-refractivity contribution in [3.8, 4) is 23.0 Å². The molecule has 1 spiro atoms. The summed E-state index contributed by atoms with van der Waals surface area (Å²) >= 11 is 0. The highest BCUT2D eigenvalue weighted by Crippen LogP contribution is 2.49. The van der Waals surface area contributed by atoms with E-state index in [-0.39, 0.29) is 18.3 Å². The molecule has 1 aliphatic carbocycles. The van der Waals surface area contributed by atoms with E-state index in [9.17, 15) is 9.90 Å². The predicted octanol–water partition coefficient (Wildman–Crippen LogP) is 1.91. The lowest BCUT2D eigenvalue weighted by Crippen LogP contribution is -2.51. The van der Waals surface area contributed by atoms with Crippen molar-refractivity contribution in [1.82, 2.24) is 5.32 Å². The van der Waals surface area contributed by atoms with Crippen LogP contribution in [0.2, 0.25) is 0 Å². The van der Waals surface area contributed by atoms with Gasteiger partial charge in [0.05, 0.1) is 7.11 Å². The Morgan fingerprint density at radius 3 is 3.00 bits per heavy atom. The Hall–Kier alpha value is -2.73. The van der Waals surface area contributed by atoms with Crippen LogP contribution in [-0.2, 0) is 18.4 Å². The fraction of sp³-hybridized carbons (Fsp3) is 0.316. The molecule has 0 amide bonds. The number of fused-ring (bicyclic) bond motifs is 5. The number of aromatic hydroxyl groups is 1. The van der Waals surface area contributed by atoms with Crippen molar-refractivity contribution >= 4 is 5.78 Å². The van der Waals surface area contributed by atoms with Gasteiger partial charge in [-0.3, -0.25) is 4.79 Å². The first-order valence-electron chi connectivity index (χ1n) is 8.26. The number of methoxy groups -OCH3 is 1. The SMILES string of the molecule is COc1cc2c(cc1O)CCNC21Cc2c(ccc3c2OCO3)C1=O. The Bertz CT molecular complexity index is 923. The van der Waals surface area contributed by atoms with Crippen molar-refractivity contribution in [2.45, 2.75) is 18.4 Å². The average molecular weight is 339 g/mol. The quantitative estimate of drug-likeness (QED) is 0.826. The minimum absolute atomic E-state index is 0.0227. The van der Waals surface area contributed by atoms with Crippen molar-refractivity contribution in [3.63, 3.8) is 0 Å². The van der Waals surface area contributed by atoms with Gasteiger partial charge in [-0.1, -0.05) is 0 Å². The molecule has 2 heterocycles. The second-order valence-corrected chi connectivity index (χ2v) is 6.59. The first kappa shape index (κ1) is 14.6. The molecular weight excluding hydrogens is 322 g/mol. The molecule has 3 aliphatic rings. The van der Waals surface area contributed by atoms with Gasteiger partial charge >= 0.3 is 0 Å². The molecular formula is C19H17NO5. The van der Waals surface area contributed by atoms with Gasteiger partial charge in [0.25, 0.3) is 0 Å². The number of phenolic OH excluding ortho intramolecular Hbond substituents is 1. The molecule has 0 radical (unpaired) electrons. The van der Waals surface area contributed by atoms with Crippen LogP contribution in [0.5, 0.6) is 23.0 Å². The average Bonchev–Trinajstić information content (AvgIpc) is 3.19. The highest BCUT2D eigenvalue weighted by atomic mass is 16.7. The zero-order valence-electron chi connectivity index (χ0n) is 13.7. The van der Waals surface area contributed by atoms with Gasteiger partial charge in [0.1, 0.15) is 5.54 Å². The first-order valence-corrected chi connectivity index (χ1v) is 8.26. The predicted molar refractivity (Wildman–Crippen MR) is 88.6 cm³/mol. The van der Waals surface area contributed by atoms with Crippen molar-refractivity contribution in [1.29, 1.82) is 0 Å². The Morgan fingerprint density at radius 1 is 1.28 bits per heavy atom. The molecule has 0 saturated heterocycles. The molecule has 2 aromatic rings. The standard InChI is InChI=1S/C19H17NO5/c1-23-16-7-13-10(6-14(16)21)4-5-20-19(13)8-12-11(18(19)22)2-3-15-17(12)25-9-24-15/h2-3,6-7,20-21H,4-5,8-9H2,1H3. The summed E-state index contributed by atoms with van der Waals surface area (Å²) in [6.45, 7) is 0.844. The summed E-state index contributed by atoms with van der Waals surface area (Å²) in [5, 5.41) is 13.5. The lowest BCUT2D eigenvalue weighted by molar-refractivity contribution is 0.0862. The summed E-state index contributed by atoms with van der Waals surface area (Å²) in [5.41, 5.74) is 2.52. The van der Waals surface area contributed by atoms with Gasteiger partial charge in [-0.25, -0.2) is 0 Å². The highest BCUT2D eigenvalue weighted by molar-refractivity contribution is 6.09. The minimum atomic E-state index is -0.849. The van der Waals surface area contributed by atoms with Crippen LogP contribution >= 0.6 is 0 Å². The number of carbonyl (C=O) groups is 1. The van der Waals surface area contributed by atoms with E-state index in [0.29, 0.717) is 35.8 Å². The maximum atomic E-state index is 13.4. The molecule has 6 heteroatoms. The number of hydrogen-bond donors (Lipinski definition) is 2. The van der Waals surface area contributed by atoms with Crippen LogP contribution < -0.4 is 19.5 Å². The van der Waals surface area contributed by atoms with Crippen LogP contribution in [-0.4, -0.2) is 31.3 Å². The molecule has 2 aliphatic heterocycles.